The first-order valence-electron chi connectivity index (χ1n) is 13.6. The van der Waals surface area contributed by atoms with E-state index >= 15 is 0 Å². The van der Waals surface area contributed by atoms with Crippen LogP contribution in [0.3, 0.4) is 0 Å². The highest BCUT2D eigenvalue weighted by Gasteiger charge is 2.21. The van der Waals surface area contributed by atoms with Crippen LogP contribution in [-0.4, -0.2) is 34.4 Å². The van der Waals surface area contributed by atoms with Gasteiger partial charge >= 0.3 is 0 Å². The number of piperidine rings is 1. The van der Waals surface area contributed by atoms with Gasteiger partial charge in [0.15, 0.2) is 5.82 Å². The zero-order valence-electron chi connectivity index (χ0n) is 21.0. The lowest BCUT2D eigenvalue weighted by molar-refractivity contribution is 0.261. The topological polar surface area (TPSA) is 70.4 Å². The van der Waals surface area contributed by atoms with E-state index in [0.717, 1.165) is 68.7 Å². The van der Waals surface area contributed by atoms with Gasteiger partial charge < -0.3 is 19.9 Å². The number of halogens is 1. The first kappa shape index (κ1) is 24.8. The molecule has 0 unspecified atom stereocenters. The summed E-state index contributed by atoms with van der Waals surface area (Å²) in [7, 11) is 0. The number of pyridine rings is 2. The van der Waals surface area contributed by atoms with E-state index in [2.05, 4.69) is 39.5 Å². The molecule has 192 valence electrons. The molecule has 1 aromatic carbocycles. The fraction of sp³-hybridized carbons (Fsp3) is 0.517. The molecule has 1 saturated carbocycles. The molecule has 6 nitrogen and oxygen atoms in total. The molecule has 2 aromatic heterocycles. The number of benzene rings is 1. The molecule has 2 aliphatic rings. The Morgan fingerprint density at radius 2 is 1.72 bits per heavy atom. The Morgan fingerprint density at radius 1 is 1.00 bits per heavy atom. The Kier molecular flexibility index (Phi) is 7.85. The molecular weight excluding hydrogens is 455 g/mol. The highest BCUT2D eigenvalue weighted by molar-refractivity contribution is 5.81. The Labute approximate surface area is 212 Å². The van der Waals surface area contributed by atoms with Crippen LogP contribution in [0, 0.1) is 11.7 Å². The SMILES string of the molecule is O=c1c(F)cc2cnc(Nc3ccc(N4CCC(CCCO)CC4)cc3)cc2n1C1CCCCCC1. The van der Waals surface area contributed by atoms with Crippen molar-refractivity contribution in [3.05, 3.63) is 58.8 Å². The number of nitrogens with zero attached hydrogens (tertiary/aromatic N) is 3. The average molecular weight is 493 g/mol. The molecule has 3 heterocycles. The van der Waals surface area contributed by atoms with Crippen molar-refractivity contribution in [2.45, 2.75) is 70.3 Å². The van der Waals surface area contributed by atoms with Crippen LogP contribution in [0.2, 0.25) is 0 Å². The highest BCUT2D eigenvalue weighted by atomic mass is 19.1. The largest absolute Gasteiger partial charge is 0.396 e. The molecule has 3 aromatic rings. The van der Waals surface area contributed by atoms with Crippen LogP contribution in [0.15, 0.2) is 47.4 Å². The standard InChI is InChI=1S/C29H37FN4O2/c30-26-18-22-20-31-28(19-27(22)34(29(26)36)25-7-3-1-2-4-8-25)32-23-9-11-24(12-10-23)33-15-13-21(14-16-33)6-5-17-35/h9-12,18-21,25,35H,1-8,13-17H2,(H,31,32). The summed E-state index contributed by atoms with van der Waals surface area (Å²) in [6.07, 6.45) is 12.3. The summed E-state index contributed by atoms with van der Waals surface area (Å²) in [6.45, 7) is 2.38. The summed E-state index contributed by atoms with van der Waals surface area (Å²) in [6, 6.07) is 11.6. The van der Waals surface area contributed by atoms with Gasteiger partial charge in [-0.1, -0.05) is 25.7 Å². The number of hydrogen-bond acceptors (Lipinski definition) is 5. The van der Waals surface area contributed by atoms with Gasteiger partial charge in [0.1, 0.15) is 5.82 Å². The number of anilines is 3. The second kappa shape index (κ2) is 11.4. The second-order valence-corrected chi connectivity index (χ2v) is 10.4. The predicted octanol–water partition coefficient (Wildman–Crippen LogP) is 6.16. The minimum atomic E-state index is -0.706. The van der Waals surface area contributed by atoms with Crippen molar-refractivity contribution < 1.29 is 9.50 Å². The summed E-state index contributed by atoms with van der Waals surface area (Å²) in [5, 5.41) is 13.1. The summed E-state index contributed by atoms with van der Waals surface area (Å²) in [5.74, 6) is 0.660. The summed E-state index contributed by atoms with van der Waals surface area (Å²) in [4.78, 5) is 19.8. The van der Waals surface area contributed by atoms with Crippen molar-refractivity contribution in [2.75, 3.05) is 29.9 Å². The van der Waals surface area contributed by atoms with E-state index < -0.39 is 11.4 Å². The number of fused-ring (bicyclic) bond motifs is 1. The van der Waals surface area contributed by atoms with E-state index in [1.54, 1.807) is 10.8 Å². The zero-order valence-corrected chi connectivity index (χ0v) is 21.0. The van der Waals surface area contributed by atoms with Gasteiger partial charge in [-0.3, -0.25) is 4.79 Å². The number of aliphatic hydroxyl groups excluding tert-OH is 1. The molecule has 1 aliphatic heterocycles. The summed E-state index contributed by atoms with van der Waals surface area (Å²) >= 11 is 0. The van der Waals surface area contributed by atoms with Crippen molar-refractivity contribution in [2.24, 2.45) is 5.92 Å². The van der Waals surface area contributed by atoms with Crippen LogP contribution in [0.25, 0.3) is 10.9 Å². The fourth-order valence-corrected chi connectivity index (χ4v) is 5.91. The first-order chi connectivity index (χ1) is 17.6. The molecule has 0 bridgehead atoms. The maximum absolute atomic E-state index is 14.5. The van der Waals surface area contributed by atoms with Gasteiger partial charge in [0.05, 0.1) is 5.52 Å². The predicted molar refractivity (Wildman–Crippen MR) is 144 cm³/mol. The van der Waals surface area contributed by atoms with E-state index in [1.165, 1.54) is 37.4 Å². The Bertz CT molecular complexity index is 1210. The van der Waals surface area contributed by atoms with E-state index in [0.29, 0.717) is 11.2 Å². The Morgan fingerprint density at radius 3 is 2.42 bits per heavy atom. The molecule has 0 amide bonds. The highest BCUT2D eigenvalue weighted by Crippen LogP contribution is 2.31. The van der Waals surface area contributed by atoms with Gasteiger partial charge in [0, 0.05) is 54.8 Å². The Balaban J connectivity index is 1.32. The third-order valence-electron chi connectivity index (χ3n) is 7.96. The molecule has 7 heteroatoms. The molecule has 2 fully saturated rings. The van der Waals surface area contributed by atoms with Crippen molar-refractivity contribution >= 4 is 28.1 Å². The van der Waals surface area contributed by atoms with Crippen LogP contribution in [0.1, 0.15) is 70.3 Å². The van der Waals surface area contributed by atoms with Crippen LogP contribution < -0.4 is 15.8 Å². The van der Waals surface area contributed by atoms with Gasteiger partial charge in [-0.2, -0.15) is 0 Å². The van der Waals surface area contributed by atoms with Crippen molar-refractivity contribution in [1.82, 2.24) is 9.55 Å². The lowest BCUT2D eigenvalue weighted by Crippen LogP contribution is -2.33. The zero-order chi connectivity index (χ0) is 24.9. The summed E-state index contributed by atoms with van der Waals surface area (Å²) in [5.41, 5.74) is 2.35. The van der Waals surface area contributed by atoms with Gasteiger partial charge in [0.2, 0.25) is 0 Å². The van der Waals surface area contributed by atoms with Gasteiger partial charge in [0.25, 0.3) is 5.56 Å². The van der Waals surface area contributed by atoms with E-state index in [9.17, 15) is 9.18 Å². The quantitative estimate of drug-likeness (QED) is 0.386. The smallest absolute Gasteiger partial charge is 0.287 e. The molecule has 0 radical (unpaired) electrons. The molecule has 36 heavy (non-hydrogen) atoms. The number of aliphatic hydroxyl groups is 1. The molecule has 2 N–H and O–H groups in total. The monoisotopic (exact) mass is 492 g/mol. The van der Waals surface area contributed by atoms with E-state index in [1.807, 2.05) is 6.07 Å². The van der Waals surface area contributed by atoms with Gasteiger partial charge in [-0.05, 0) is 74.8 Å². The average Bonchev–Trinajstić information content (AvgIpc) is 3.19. The van der Waals surface area contributed by atoms with Crippen molar-refractivity contribution in [3.8, 4) is 0 Å². The lowest BCUT2D eigenvalue weighted by atomic mass is 9.92. The number of rotatable bonds is 7. The van der Waals surface area contributed by atoms with Crippen LogP contribution in [0.4, 0.5) is 21.6 Å². The van der Waals surface area contributed by atoms with Crippen molar-refractivity contribution in [3.63, 3.8) is 0 Å². The minimum Gasteiger partial charge on any atom is -0.396 e. The maximum atomic E-state index is 14.5. The Hall–Kier alpha value is -2.93. The molecule has 1 aliphatic carbocycles. The first-order valence-corrected chi connectivity index (χ1v) is 13.6. The number of aromatic nitrogens is 2. The molecule has 0 spiro atoms. The molecule has 5 rings (SSSR count). The van der Waals surface area contributed by atoms with Crippen molar-refractivity contribution in [1.29, 1.82) is 0 Å². The lowest BCUT2D eigenvalue weighted by Gasteiger charge is -2.33. The molecule has 1 saturated heterocycles. The van der Waals surface area contributed by atoms with Crippen LogP contribution in [0.5, 0.6) is 0 Å². The minimum absolute atomic E-state index is 0.0283. The second-order valence-electron chi connectivity index (χ2n) is 10.4. The third kappa shape index (κ3) is 5.56. The fourth-order valence-electron chi connectivity index (χ4n) is 5.91. The number of nitrogens with one attached hydrogen (secondary N) is 1. The maximum Gasteiger partial charge on any atom is 0.287 e. The van der Waals surface area contributed by atoms with Gasteiger partial charge in [-0.25, -0.2) is 9.37 Å². The summed E-state index contributed by atoms with van der Waals surface area (Å²) < 4.78 is 16.2. The van der Waals surface area contributed by atoms with Crippen LogP contribution in [-0.2, 0) is 0 Å². The number of hydrogen-bond donors (Lipinski definition) is 2. The third-order valence-corrected chi connectivity index (χ3v) is 7.96. The van der Waals surface area contributed by atoms with E-state index in [4.69, 9.17) is 5.11 Å². The van der Waals surface area contributed by atoms with Crippen LogP contribution >= 0.6 is 0 Å². The van der Waals surface area contributed by atoms with Gasteiger partial charge in [-0.15, -0.1) is 0 Å². The normalized spacial score (nSPS) is 17.9. The molecule has 0 atom stereocenters. The molecular formula is C29H37FN4O2. The van der Waals surface area contributed by atoms with E-state index in [-0.39, 0.29) is 12.6 Å².